The van der Waals surface area contributed by atoms with Crippen molar-refractivity contribution in [2.45, 2.75) is 6.04 Å². The molecular formula is C16H12BrN5. The summed E-state index contributed by atoms with van der Waals surface area (Å²) in [6, 6.07) is 18.3. The van der Waals surface area contributed by atoms with Gasteiger partial charge in [-0.15, -0.1) is 0 Å². The average Bonchev–Trinajstić information content (AvgIpc) is 3.03. The molecule has 0 bridgehead atoms. The lowest BCUT2D eigenvalue weighted by Crippen LogP contribution is -2.20. The zero-order chi connectivity index (χ0) is 14.9. The van der Waals surface area contributed by atoms with E-state index in [9.17, 15) is 0 Å². The summed E-state index contributed by atoms with van der Waals surface area (Å²) in [6.45, 7) is 0. The Morgan fingerprint density at radius 3 is 2.73 bits per heavy atom. The molecule has 2 aromatic carbocycles. The smallest absolute Gasteiger partial charge is 0.248 e. The largest absolute Gasteiger partial charge is 0.323 e. The van der Waals surface area contributed by atoms with Gasteiger partial charge in [0.1, 0.15) is 6.04 Å². The fourth-order valence-electron chi connectivity index (χ4n) is 2.57. The highest BCUT2D eigenvalue weighted by atomic mass is 79.9. The third kappa shape index (κ3) is 2.31. The van der Waals surface area contributed by atoms with Crippen LogP contribution in [-0.4, -0.2) is 20.2 Å². The molecule has 1 unspecified atom stereocenters. The molecule has 1 aromatic heterocycles. The van der Waals surface area contributed by atoms with Crippen molar-refractivity contribution in [3.05, 3.63) is 76.3 Å². The van der Waals surface area contributed by atoms with E-state index in [0.29, 0.717) is 5.95 Å². The summed E-state index contributed by atoms with van der Waals surface area (Å²) in [5, 5.41) is 15.2. The zero-order valence-corrected chi connectivity index (χ0v) is 13.1. The summed E-state index contributed by atoms with van der Waals surface area (Å²) in [4.78, 5) is 0. The Morgan fingerprint density at radius 2 is 1.91 bits per heavy atom. The second-order valence-electron chi connectivity index (χ2n) is 5.02. The van der Waals surface area contributed by atoms with Crippen molar-refractivity contribution in [3.8, 4) is 0 Å². The lowest BCUT2D eigenvalue weighted by Gasteiger charge is -2.23. The maximum Gasteiger partial charge on any atom is 0.248 e. The molecule has 22 heavy (non-hydrogen) atoms. The fraction of sp³-hybridized carbons (Fsp3) is 0.0625. The van der Waals surface area contributed by atoms with Crippen molar-refractivity contribution < 1.29 is 0 Å². The summed E-state index contributed by atoms with van der Waals surface area (Å²) >= 11 is 3.52. The minimum atomic E-state index is -0.0426. The Kier molecular flexibility index (Phi) is 3.23. The van der Waals surface area contributed by atoms with Gasteiger partial charge in [-0.05, 0) is 39.8 Å². The number of benzene rings is 2. The number of rotatable bonds is 2. The van der Waals surface area contributed by atoms with Gasteiger partial charge in [0.05, 0.1) is 0 Å². The highest BCUT2D eigenvalue weighted by molar-refractivity contribution is 9.10. The second-order valence-corrected chi connectivity index (χ2v) is 5.93. The van der Waals surface area contributed by atoms with Crippen molar-refractivity contribution in [3.63, 3.8) is 0 Å². The van der Waals surface area contributed by atoms with Crippen LogP contribution in [0.2, 0.25) is 0 Å². The Morgan fingerprint density at radius 1 is 1.05 bits per heavy atom. The molecule has 1 atom stereocenters. The van der Waals surface area contributed by atoms with Crippen molar-refractivity contribution in [2.24, 2.45) is 0 Å². The van der Waals surface area contributed by atoms with Gasteiger partial charge in [0.15, 0.2) is 0 Å². The molecule has 4 rings (SSSR count). The van der Waals surface area contributed by atoms with Gasteiger partial charge < -0.3 is 5.32 Å². The number of aromatic nitrogens is 4. The van der Waals surface area contributed by atoms with Crippen LogP contribution in [-0.2, 0) is 0 Å². The summed E-state index contributed by atoms with van der Waals surface area (Å²) in [7, 11) is 0. The monoisotopic (exact) mass is 353 g/mol. The van der Waals surface area contributed by atoms with Gasteiger partial charge in [0.2, 0.25) is 5.95 Å². The minimum Gasteiger partial charge on any atom is -0.323 e. The lowest BCUT2D eigenvalue weighted by atomic mass is 10.0. The first-order valence-corrected chi connectivity index (χ1v) is 7.68. The molecular weight excluding hydrogens is 342 g/mol. The Balaban J connectivity index is 1.83. The van der Waals surface area contributed by atoms with E-state index in [1.165, 1.54) is 0 Å². The molecule has 6 heteroatoms. The van der Waals surface area contributed by atoms with Crippen LogP contribution < -0.4 is 5.32 Å². The van der Waals surface area contributed by atoms with Gasteiger partial charge in [0.25, 0.3) is 0 Å². The number of fused-ring (bicyclic) bond motifs is 1. The number of nitrogens with zero attached hydrogens (tertiary/aromatic N) is 4. The SMILES string of the molecule is Brc1cccc(C2C=C(c3ccccc3)Nc3nnnn32)c1. The number of hydrogen-bond donors (Lipinski definition) is 1. The third-order valence-electron chi connectivity index (χ3n) is 3.60. The lowest BCUT2D eigenvalue weighted by molar-refractivity contribution is 0.585. The van der Waals surface area contributed by atoms with Crippen LogP contribution in [0.1, 0.15) is 17.2 Å². The zero-order valence-electron chi connectivity index (χ0n) is 11.5. The molecule has 3 aromatic rings. The molecule has 0 saturated carbocycles. The molecule has 0 saturated heterocycles. The van der Waals surface area contributed by atoms with Gasteiger partial charge in [0, 0.05) is 10.2 Å². The number of halogens is 1. The van der Waals surface area contributed by atoms with E-state index < -0.39 is 0 Å². The first kappa shape index (κ1) is 13.2. The topological polar surface area (TPSA) is 55.6 Å². The molecule has 0 radical (unpaired) electrons. The van der Waals surface area contributed by atoms with Gasteiger partial charge in [-0.3, -0.25) is 0 Å². The first-order valence-electron chi connectivity index (χ1n) is 6.89. The highest BCUT2D eigenvalue weighted by Crippen LogP contribution is 2.32. The molecule has 1 N–H and O–H groups in total. The molecule has 2 heterocycles. The molecule has 0 fully saturated rings. The highest BCUT2D eigenvalue weighted by Gasteiger charge is 2.24. The van der Waals surface area contributed by atoms with Crippen LogP contribution in [0, 0.1) is 0 Å². The Bertz CT molecular complexity index is 841. The predicted molar refractivity (Wildman–Crippen MR) is 88.1 cm³/mol. The van der Waals surface area contributed by atoms with Crippen molar-refractivity contribution >= 4 is 27.6 Å². The van der Waals surface area contributed by atoms with Crippen molar-refractivity contribution in [1.82, 2.24) is 20.2 Å². The van der Waals surface area contributed by atoms with E-state index in [0.717, 1.165) is 21.3 Å². The van der Waals surface area contributed by atoms with E-state index in [1.807, 2.05) is 30.3 Å². The maximum atomic E-state index is 4.11. The molecule has 0 aliphatic carbocycles. The number of anilines is 1. The van der Waals surface area contributed by atoms with E-state index in [1.54, 1.807) is 4.68 Å². The average molecular weight is 354 g/mol. The second kappa shape index (κ2) is 5.38. The van der Waals surface area contributed by atoms with Crippen LogP contribution in [0.25, 0.3) is 5.70 Å². The number of tetrazole rings is 1. The van der Waals surface area contributed by atoms with Gasteiger partial charge in [-0.25, -0.2) is 0 Å². The first-order chi connectivity index (χ1) is 10.8. The van der Waals surface area contributed by atoms with Crippen LogP contribution in [0.5, 0.6) is 0 Å². The Labute approximate surface area is 135 Å². The fourth-order valence-corrected chi connectivity index (χ4v) is 2.98. The van der Waals surface area contributed by atoms with Gasteiger partial charge in [-0.2, -0.15) is 4.68 Å². The van der Waals surface area contributed by atoms with E-state index in [2.05, 4.69) is 67.1 Å². The molecule has 0 amide bonds. The van der Waals surface area contributed by atoms with Gasteiger partial charge in [-0.1, -0.05) is 63.5 Å². The molecule has 108 valence electrons. The maximum absolute atomic E-state index is 4.11. The van der Waals surface area contributed by atoms with E-state index in [-0.39, 0.29) is 6.04 Å². The quantitative estimate of drug-likeness (QED) is 0.766. The van der Waals surface area contributed by atoms with Crippen molar-refractivity contribution in [1.29, 1.82) is 0 Å². The summed E-state index contributed by atoms with van der Waals surface area (Å²) in [6.07, 6.45) is 2.14. The molecule has 5 nitrogen and oxygen atoms in total. The summed E-state index contributed by atoms with van der Waals surface area (Å²) in [5.41, 5.74) is 3.24. The van der Waals surface area contributed by atoms with E-state index >= 15 is 0 Å². The van der Waals surface area contributed by atoms with Gasteiger partial charge >= 0.3 is 0 Å². The third-order valence-corrected chi connectivity index (χ3v) is 4.10. The van der Waals surface area contributed by atoms with Crippen LogP contribution in [0.3, 0.4) is 0 Å². The summed E-state index contributed by atoms with van der Waals surface area (Å²) in [5.74, 6) is 0.645. The standard InChI is InChI=1S/C16H12BrN5/c17-13-8-4-7-12(9-13)15-10-14(11-5-2-1-3-6-11)18-16-19-20-21-22(15)16/h1-10,15H,(H,18,19,21). The predicted octanol–water partition coefficient (Wildman–Crippen LogP) is 3.49. The normalized spacial score (nSPS) is 16.6. The summed E-state index contributed by atoms with van der Waals surface area (Å²) < 4.78 is 2.82. The number of allylic oxidation sites excluding steroid dienone is 1. The van der Waals surface area contributed by atoms with E-state index in [4.69, 9.17) is 0 Å². The molecule has 0 spiro atoms. The van der Waals surface area contributed by atoms with Crippen LogP contribution in [0.4, 0.5) is 5.95 Å². The Hall–Kier alpha value is -2.47. The number of nitrogens with one attached hydrogen (secondary N) is 1. The van der Waals surface area contributed by atoms with Crippen molar-refractivity contribution in [2.75, 3.05) is 5.32 Å². The number of hydrogen-bond acceptors (Lipinski definition) is 4. The minimum absolute atomic E-state index is 0.0426. The molecule has 1 aliphatic rings. The molecule has 1 aliphatic heterocycles. The van der Waals surface area contributed by atoms with Crippen LogP contribution in [0.15, 0.2) is 65.1 Å². The van der Waals surface area contributed by atoms with Crippen LogP contribution >= 0.6 is 15.9 Å².